The molecule has 0 spiro atoms. The number of nitrogens with zero attached hydrogens (tertiary/aromatic N) is 1. The van der Waals surface area contributed by atoms with Gasteiger partial charge in [-0.2, -0.15) is 0 Å². The lowest BCUT2D eigenvalue weighted by Gasteiger charge is -2.42. The third kappa shape index (κ3) is 2.38. The third-order valence-electron chi connectivity index (χ3n) is 4.78. The smallest absolute Gasteiger partial charge is 0.155 e. The molecule has 2 unspecified atom stereocenters. The van der Waals surface area contributed by atoms with Crippen LogP contribution in [-0.2, 0) is 0 Å². The summed E-state index contributed by atoms with van der Waals surface area (Å²) in [5.41, 5.74) is 0.996. The second-order valence-corrected chi connectivity index (χ2v) is 5.83. The van der Waals surface area contributed by atoms with Crippen LogP contribution in [0.1, 0.15) is 42.5 Å². The van der Waals surface area contributed by atoms with Gasteiger partial charge in [0, 0.05) is 13.1 Å². The molecule has 19 heavy (non-hydrogen) atoms. The zero-order valence-electron chi connectivity index (χ0n) is 11.1. The molecular weight excluding hydrogens is 241 g/mol. The fourth-order valence-electron chi connectivity index (χ4n) is 3.74. The molecule has 1 saturated carbocycles. The van der Waals surface area contributed by atoms with E-state index in [4.69, 9.17) is 0 Å². The Hall–Kier alpha value is -1.38. The predicted molar refractivity (Wildman–Crippen MR) is 74.1 cm³/mol. The number of halogens is 1. The van der Waals surface area contributed by atoms with Crippen molar-refractivity contribution in [3.63, 3.8) is 0 Å². The van der Waals surface area contributed by atoms with Gasteiger partial charge in [0.15, 0.2) is 6.29 Å². The van der Waals surface area contributed by atoms with Crippen LogP contribution in [0.4, 0.5) is 10.1 Å². The Kier molecular flexibility index (Phi) is 3.54. The highest BCUT2D eigenvalue weighted by molar-refractivity contribution is 5.85. The molecule has 1 aliphatic carbocycles. The van der Waals surface area contributed by atoms with E-state index in [9.17, 15) is 9.18 Å². The number of benzene rings is 1. The van der Waals surface area contributed by atoms with Crippen LogP contribution in [-0.4, -0.2) is 19.4 Å². The van der Waals surface area contributed by atoms with Gasteiger partial charge >= 0.3 is 0 Å². The average molecular weight is 261 g/mol. The van der Waals surface area contributed by atoms with Gasteiger partial charge in [-0.3, -0.25) is 4.79 Å². The van der Waals surface area contributed by atoms with Crippen LogP contribution in [0, 0.1) is 17.7 Å². The van der Waals surface area contributed by atoms with Gasteiger partial charge in [-0.25, -0.2) is 4.39 Å². The van der Waals surface area contributed by atoms with Crippen LogP contribution in [0.25, 0.3) is 0 Å². The van der Waals surface area contributed by atoms with Crippen molar-refractivity contribution >= 4 is 12.0 Å². The molecule has 3 rings (SSSR count). The molecule has 2 nitrogen and oxygen atoms in total. The number of rotatable bonds is 2. The van der Waals surface area contributed by atoms with Gasteiger partial charge < -0.3 is 4.90 Å². The van der Waals surface area contributed by atoms with E-state index in [2.05, 4.69) is 4.90 Å². The van der Waals surface area contributed by atoms with Gasteiger partial charge in [-0.05, 0) is 36.8 Å². The maximum atomic E-state index is 13.7. The molecule has 1 aromatic rings. The SMILES string of the molecule is O=Cc1c(F)cccc1N1CCC2CCCCC2C1. The van der Waals surface area contributed by atoms with Crippen molar-refractivity contribution in [3.05, 3.63) is 29.6 Å². The molecule has 0 amide bonds. The zero-order chi connectivity index (χ0) is 13.2. The summed E-state index contributed by atoms with van der Waals surface area (Å²) in [6.45, 7) is 1.93. The van der Waals surface area contributed by atoms with Crippen LogP contribution in [0.5, 0.6) is 0 Å². The minimum Gasteiger partial charge on any atom is -0.371 e. The lowest BCUT2D eigenvalue weighted by Crippen LogP contribution is -2.42. The van der Waals surface area contributed by atoms with Gasteiger partial charge in [-0.1, -0.05) is 25.3 Å². The van der Waals surface area contributed by atoms with Crippen LogP contribution in [0.3, 0.4) is 0 Å². The van der Waals surface area contributed by atoms with E-state index < -0.39 is 5.82 Å². The number of hydrogen-bond donors (Lipinski definition) is 0. The Bertz CT molecular complexity index is 474. The number of anilines is 1. The minimum absolute atomic E-state index is 0.219. The summed E-state index contributed by atoms with van der Waals surface area (Å²) in [7, 11) is 0. The van der Waals surface area contributed by atoms with Crippen LogP contribution < -0.4 is 4.90 Å². The minimum atomic E-state index is -0.404. The lowest BCUT2D eigenvalue weighted by molar-refractivity contribution is 0.112. The summed E-state index contributed by atoms with van der Waals surface area (Å²) >= 11 is 0. The molecule has 0 aromatic heterocycles. The highest BCUT2D eigenvalue weighted by atomic mass is 19.1. The van der Waals surface area contributed by atoms with Gasteiger partial charge in [0.2, 0.25) is 0 Å². The molecule has 102 valence electrons. The summed E-state index contributed by atoms with van der Waals surface area (Å²) in [6.07, 6.45) is 7.14. The standard InChI is InChI=1S/C16H20FNO/c17-15-6-3-7-16(14(15)11-19)18-9-8-12-4-1-2-5-13(12)10-18/h3,6-7,11-13H,1-2,4-5,8-10H2. The number of aldehydes is 1. The number of carbonyl (C=O) groups is 1. The second-order valence-electron chi connectivity index (χ2n) is 5.83. The molecule has 0 N–H and O–H groups in total. The van der Waals surface area contributed by atoms with E-state index >= 15 is 0 Å². The van der Waals surface area contributed by atoms with E-state index in [1.165, 1.54) is 38.2 Å². The number of piperidine rings is 1. The Balaban J connectivity index is 1.83. The topological polar surface area (TPSA) is 20.3 Å². The fourth-order valence-corrected chi connectivity index (χ4v) is 3.74. The quantitative estimate of drug-likeness (QED) is 0.757. The number of fused-ring (bicyclic) bond motifs is 1. The molecule has 1 heterocycles. The first-order valence-electron chi connectivity index (χ1n) is 7.28. The number of carbonyl (C=O) groups excluding carboxylic acids is 1. The monoisotopic (exact) mass is 261 g/mol. The molecule has 1 saturated heterocycles. The summed E-state index contributed by atoms with van der Waals surface area (Å²) in [5.74, 6) is 1.17. The van der Waals surface area contributed by atoms with Gasteiger partial charge in [0.1, 0.15) is 5.82 Å². The summed E-state index contributed by atoms with van der Waals surface area (Å²) < 4.78 is 13.7. The molecule has 2 atom stereocenters. The first-order valence-corrected chi connectivity index (χ1v) is 7.28. The zero-order valence-corrected chi connectivity index (χ0v) is 11.1. The molecule has 0 bridgehead atoms. The van der Waals surface area contributed by atoms with Crippen molar-refractivity contribution in [1.29, 1.82) is 0 Å². The Labute approximate surface area is 113 Å². The maximum absolute atomic E-state index is 13.7. The Morgan fingerprint density at radius 1 is 1.16 bits per heavy atom. The van der Waals surface area contributed by atoms with Crippen molar-refractivity contribution in [1.82, 2.24) is 0 Å². The first kappa shape index (κ1) is 12.6. The normalized spacial score (nSPS) is 26.9. The van der Waals surface area contributed by atoms with Crippen LogP contribution in [0.15, 0.2) is 18.2 Å². The Morgan fingerprint density at radius 2 is 1.95 bits per heavy atom. The summed E-state index contributed by atoms with van der Waals surface area (Å²) in [4.78, 5) is 13.3. The maximum Gasteiger partial charge on any atom is 0.155 e. The van der Waals surface area contributed by atoms with E-state index in [1.807, 2.05) is 6.07 Å². The molecule has 1 aromatic carbocycles. The van der Waals surface area contributed by atoms with Crippen LogP contribution in [0.2, 0.25) is 0 Å². The van der Waals surface area contributed by atoms with Crippen molar-refractivity contribution in [3.8, 4) is 0 Å². The summed E-state index contributed by atoms with van der Waals surface area (Å²) in [6, 6.07) is 4.93. The predicted octanol–water partition coefficient (Wildman–Crippen LogP) is 3.65. The van der Waals surface area contributed by atoms with Crippen molar-refractivity contribution < 1.29 is 9.18 Å². The molecule has 1 aliphatic heterocycles. The highest BCUT2D eigenvalue weighted by Gasteiger charge is 2.31. The Morgan fingerprint density at radius 3 is 2.74 bits per heavy atom. The second kappa shape index (κ2) is 5.32. The average Bonchev–Trinajstić information content (AvgIpc) is 2.46. The van der Waals surface area contributed by atoms with E-state index in [1.54, 1.807) is 6.07 Å². The van der Waals surface area contributed by atoms with Crippen LogP contribution >= 0.6 is 0 Å². The molecule has 3 heteroatoms. The van der Waals surface area contributed by atoms with E-state index in [0.29, 0.717) is 6.29 Å². The van der Waals surface area contributed by atoms with Crippen molar-refractivity contribution in [2.75, 3.05) is 18.0 Å². The molecule has 2 aliphatic rings. The third-order valence-corrected chi connectivity index (χ3v) is 4.78. The highest BCUT2D eigenvalue weighted by Crippen LogP contribution is 2.38. The lowest BCUT2D eigenvalue weighted by atomic mass is 9.75. The molecular formula is C16H20FNO. The van der Waals surface area contributed by atoms with E-state index in [0.717, 1.165) is 30.6 Å². The number of hydrogen-bond acceptors (Lipinski definition) is 2. The van der Waals surface area contributed by atoms with Crippen molar-refractivity contribution in [2.45, 2.75) is 32.1 Å². The first-order chi connectivity index (χ1) is 9.29. The molecule has 2 fully saturated rings. The molecule has 0 radical (unpaired) electrons. The summed E-state index contributed by atoms with van der Waals surface area (Å²) in [5, 5.41) is 0. The van der Waals surface area contributed by atoms with Gasteiger partial charge in [-0.15, -0.1) is 0 Å². The fraction of sp³-hybridized carbons (Fsp3) is 0.562. The van der Waals surface area contributed by atoms with Gasteiger partial charge in [0.05, 0.1) is 11.3 Å². The van der Waals surface area contributed by atoms with Crippen molar-refractivity contribution in [2.24, 2.45) is 11.8 Å². The van der Waals surface area contributed by atoms with E-state index in [-0.39, 0.29) is 5.56 Å². The van der Waals surface area contributed by atoms with Gasteiger partial charge in [0.25, 0.3) is 0 Å². The largest absolute Gasteiger partial charge is 0.371 e.